The van der Waals surface area contributed by atoms with E-state index in [1.807, 2.05) is 20.2 Å². The molecule has 62 valence electrons. The van der Waals surface area contributed by atoms with E-state index in [2.05, 4.69) is 5.10 Å². The van der Waals surface area contributed by atoms with Crippen LogP contribution in [0.3, 0.4) is 0 Å². The van der Waals surface area contributed by atoms with Crippen molar-refractivity contribution in [3.63, 3.8) is 0 Å². The molecule has 3 N–H and O–H groups in total. The van der Waals surface area contributed by atoms with Gasteiger partial charge in [-0.25, -0.2) is 0 Å². The Hall–Kier alpha value is -0.870. The van der Waals surface area contributed by atoms with Gasteiger partial charge in [-0.1, -0.05) is 0 Å². The fourth-order valence-electron chi connectivity index (χ4n) is 1.08. The van der Waals surface area contributed by atoms with Gasteiger partial charge in [0.15, 0.2) is 0 Å². The normalized spacial score (nSPS) is 13.5. The maximum absolute atomic E-state index is 8.75. The second-order valence-corrected chi connectivity index (χ2v) is 2.66. The maximum atomic E-state index is 8.75. The van der Waals surface area contributed by atoms with E-state index in [1.165, 1.54) is 0 Å². The van der Waals surface area contributed by atoms with Crippen molar-refractivity contribution < 1.29 is 5.11 Å². The predicted molar refractivity (Wildman–Crippen MR) is 42.0 cm³/mol. The van der Waals surface area contributed by atoms with Crippen LogP contribution in [0, 0.1) is 6.92 Å². The summed E-state index contributed by atoms with van der Waals surface area (Å²) in [6.07, 6.45) is 1.88. The number of aliphatic hydroxyl groups excluding tert-OH is 1. The summed E-state index contributed by atoms with van der Waals surface area (Å²) in [5.41, 5.74) is 7.38. The van der Waals surface area contributed by atoms with E-state index in [0.717, 1.165) is 11.3 Å². The zero-order valence-electron chi connectivity index (χ0n) is 6.78. The summed E-state index contributed by atoms with van der Waals surface area (Å²) in [5.74, 6) is 0. The third-order valence-corrected chi connectivity index (χ3v) is 1.60. The van der Waals surface area contributed by atoms with Crippen molar-refractivity contribution in [1.82, 2.24) is 9.78 Å². The molecular formula is C7H13N3O. The van der Waals surface area contributed by atoms with Gasteiger partial charge in [-0.2, -0.15) is 5.10 Å². The highest BCUT2D eigenvalue weighted by Gasteiger charge is 2.10. The monoisotopic (exact) mass is 155 g/mol. The van der Waals surface area contributed by atoms with Crippen LogP contribution in [0.2, 0.25) is 0 Å². The molecule has 0 aliphatic carbocycles. The lowest BCUT2D eigenvalue weighted by Crippen LogP contribution is -2.16. The third-order valence-electron chi connectivity index (χ3n) is 1.60. The molecule has 1 rings (SSSR count). The number of aromatic nitrogens is 2. The molecule has 0 spiro atoms. The van der Waals surface area contributed by atoms with Gasteiger partial charge in [0.2, 0.25) is 0 Å². The highest BCUT2D eigenvalue weighted by molar-refractivity contribution is 5.18. The molecule has 0 saturated heterocycles. The molecule has 0 aliphatic rings. The Morgan fingerprint density at radius 2 is 2.45 bits per heavy atom. The summed E-state index contributed by atoms with van der Waals surface area (Å²) in [4.78, 5) is 0. The molecule has 0 aromatic carbocycles. The van der Waals surface area contributed by atoms with Crippen molar-refractivity contribution in [1.29, 1.82) is 0 Å². The largest absolute Gasteiger partial charge is 0.394 e. The molecule has 4 heteroatoms. The highest BCUT2D eigenvalue weighted by atomic mass is 16.3. The third kappa shape index (κ3) is 1.58. The minimum atomic E-state index is -0.351. The molecule has 1 unspecified atom stereocenters. The first-order valence-electron chi connectivity index (χ1n) is 3.51. The van der Waals surface area contributed by atoms with E-state index in [9.17, 15) is 0 Å². The average molecular weight is 155 g/mol. The van der Waals surface area contributed by atoms with Crippen LogP contribution < -0.4 is 5.73 Å². The highest BCUT2D eigenvalue weighted by Crippen LogP contribution is 2.11. The van der Waals surface area contributed by atoms with E-state index in [4.69, 9.17) is 10.8 Å². The Labute approximate surface area is 65.6 Å². The van der Waals surface area contributed by atoms with Crippen LogP contribution >= 0.6 is 0 Å². The molecule has 11 heavy (non-hydrogen) atoms. The first-order chi connectivity index (χ1) is 5.15. The lowest BCUT2D eigenvalue weighted by atomic mass is 10.2. The van der Waals surface area contributed by atoms with Gasteiger partial charge in [-0.3, -0.25) is 4.68 Å². The van der Waals surface area contributed by atoms with Crippen molar-refractivity contribution in [3.05, 3.63) is 17.5 Å². The van der Waals surface area contributed by atoms with Crippen LogP contribution in [0.1, 0.15) is 17.3 Å². The van der Waals surface area contributed by atoms with Crippen molar-refractivity contribution in [2.24, 2.45) is 12.8 Å². The Balaban J connectivity index is 2.93. The second-order valence-electron chi connectivity index (χ2n) is 2.66. The molecule has 0 bridgehead atoms. The first-order valence-corrected chi connectivity index (χ1v) is 3.51. The number of aliphatic hydroxyl groups is 1. The average Bonchev–Trinajstić information content (AvgIpc) is 2.28. The molecule has 1 atom stereocenters. The number of hydrogen-bond acceptors (Lipinski definition) is 3. The van der Waals surface area contributed by atoms with Gasteiger partial charge in [0.1, 0.15) is 0 Å². The van der Waals surface area contributed by atoms with E-state index >= 15 is 0 Å². The van der Waals surface area contributed by atoms with Crippen LogP contribution in [0.15, 0.2) is 6.20 Å². The Kier molecular flexibility index (Phi) is 2.26. The summed E-state index contributed by atoms with van der Waals surface area (Å²) in [6, 6.07) is -0.351. The van der Waals surface area contributed by atoms with Crippen molar-refractivity contribution in [2.45, 2.75) is 13.0 Å². The van der Waals surface area contributed by atoms with Crippen LogP contribution in [0.25, 0.3) is 0 Å². The second kappa shape index (κ2) is 3.02. The quantitative estimate of drug-likeness (QED) is 0.617. The molecule has 0 amide bonds. The molecular weight excluding hydrogens is 142 g/mol. The molecule has 1 aromatic heterocycles. The lowest BCUT2D eigenvalue weighted by Gasteiger charge is -2.03. The van der Waals surface area contributed by atoms with E-state index in [1.54, 1.807) is 4.68 Å². The van der Waals surface area contributed by atoms with Crippen LogP contribution in [-0.2, 0) is 7.05 Å². The fraction of sp³-hybridized carbons (Fsp3) is 0.571. The number of nitrogens with zero attached hydrogens (tertiary/aromatic N) is 2. The van der Waals surface area contributed by atoms with Crippen molar-refractivity contribution >= 4 is 0 Å². The first kappa shape index (κ1) is 8.23. The smallest absolute Gasteiger partial charge is 0.0844 e. The Bertz CT molecular complexity index is 244. The van der Waals surface area contributed by atoms with E-state index in [-0.39, 0.29) is 12.6 Å². The van der Waals surface area contributed by atoms with Crippen molar-refractivity contribution in [2.75, 3.05) is 6.61 Å². The SMILES string of the molecule is Cc1cn(C)nc1C(N)CO. The summed E-state index contributed by atoms with van der Waals surface area (Å²) in [5, 5.41) is 12.9. The molecule has 0 aliphatic heterocycles. The summed E-state index contributed by atoms with van der Waals surface area (Å²) in [6.45, 7) is 1.87. The van der Waals surface area contributed by atoms with E-state index in [0.29, 0.717) is 0 Å². The molecule has 1 aromatic rings. The van der Waals surface area contributed by atoms with Gasteiger partial charge in [-0.15, -0.1) is 0 Å². The predicted octanol–water partition coefficient (Wildman–Crippen LogP) is -0.279. The van der Waals surface area contributed by atoms with E-state index < -0.39 is 0 Å². The molecule has 0 radical (unpaired) electrons. The number of hydrogen-bond donors (Lipinski definition) is 2. The van der Waals surface area contributed by atoms with Gasteiger partial charge in [0.05, 0.1) is 18.3 Å². The van der Waals surface area contributed by atoms with Gasteiger partial charge >= 0.3 is 0 Å². The Morgan fingerprint density at radius 3 is 2.82 bits per heavy atom. The van der Waals surface area contributed by atoms with Crippen LogP contribution in [0.4, 0.5) is 0 Å². The van der Waals surface area contributed by atoms with Gasteiger partial charge in [-0.05, 0) is 12.5 Å². The minimum Gasteiger partial charge on any atom is -0.394 e. The zero-order chi connectivity index (χ0) is 8.43. The fourth-order valence-corrected chi connectivity index (χ4v) is 1.08. The minimum absolute atomic E-state index is 0.0577. The number of aryl methyl sites for hydroxylation is 2. The van der Waals surface area contributed by atoms with Gasteiger partial charge < -0.3 is 10.8 Å². The summed E-state index contributed by atoms with van der Waals surface area (Å²) >= 11 is 0. The van der Waals surface area contributed by atoms with Gasteiger partial charge in [0, 0.05) is 13.2 Å². The van der Waals surface area contributed by atoms with Crippen molar-refractivity contribution in [3.8, 4) is 0 Å². The number of rotatable bonds is 2. The summed E-state index contributed by atoms with van der Waals surface area (Å²) in [7, 11) is 1.83. The Morgan fingerprint density at radius 1 is 1.82 bits per heavy atom. The standard InChI is InChI=1S/C7H13N3O/c1-5-3-10(2)9-7(5)6(8)4-11/h3,6,11H,4,8H2,1-2H3. The van der Waals surface area contributed by atoms with Crippen LogP contribution in [0.5, 0.6) is 0 Å². The number of nitrogens with two attached hydrogens (primary N) is 1. The maximum Gasteiger partial charge on any atom is 0.0844 e. The zero-order valence-corrected chi connectivity index (χ0v) is 6.78. The van der Waals surface area contributed by atoms with Crippen LogP contribution in [-0.4, -0.2) is 21.5 Å². The lowest BCUT2D eigenvalue weighted by molar-refractivity contribution is 0.265. The molecule has 4 nitrogen and oxygen atoms in total. The molecule has 0 saturated carbocycles. The molecule has 1 heterocycles. The molecule has 0 fully saturated rings. The van der Waals surface area contributed by atoms with Gasteiger partial charge in [0.25, 0.3) is 0 Å². The summed E-state index contributed by atoms with van der Waals surface area (Å²) < 4.78 is 1.69. The topological polar surface area (TPSA) is 64.1 Å².